The number of carbonyl (C=O) groups is 3. The summed E-state index contributed by atoms with van der Waals surface area (Å²) >= 11 is 13.0. The largest absolute Gasteiger partial charge is 0.508 e. The van der Waals surface area contributed by atoms with Gasteiger partial charge in [-0.3, -0.25) is 9.59 Å². The Hall–Kier alpha value is -3.60. The van der Waals surface area contributed by atoms with Crippen molar-refractivity contribution in [1.29, 1.82) is 0 Å². The SMILES string of the molecule is CS(=O)(=O)c1cccc(CC(NC(=O)c2c(Cl)cc3c(c2Cl)CCN(C(=O)c2cccc(O)c2)C3)C(=O)O)c1. The second-order valence-electron chi connectivity index (χ2n) is 9.20. The smallest absolute Gasteiger partial charge is 0.326 e. The number of carboxylic acids is 1. The van der Waals surface area contributed by atoms with E-state index in [0.717, 1.165) is 6.26 Å². The number of hydrogen-bond donors (Lipinski definition) is 3. The molecule has 39 heavy (non-hydrogen) atoms. The van der Waals surface area contributed by atoms with E-state index in [-0.39, 0.29) is 45.1 Å². The maximum atomic E-state index is 13.2. The van der Waals surface area contributed by atoms with Crippen LogP contribution in [-0.4, -0.2) is 60.2 Å². The van der Waals surface area contributed by atoms with E-state index < -0.39 is 27.8 Å². The first-order valence-electron chi connectivity index (χ1n) is 11.8. The lowest BCUT2D eigenvalue weighted by atomic mass is 9.95. The first-order valence-corrected chi connectivity index (χ1v) is 14.4. The lowest BCUT2D eigenvalue weighted by Gasteiger charge is -2.30. The average molecular weight is 591 g/mol. The number of nitrogens with zero attached hydrogens (tertiary/aromatic N) is 1. The number of phenolic OH excluding ortho intramolecular Hbond substituents is 1. The molecule has 0 spiro atoms. The molecule has 3 N–H and O–H groups in total. The lowest BCUT2D eigenvalue weighted by Crippen LogP contribution is -2.42. The molecule has 0 bridgehead atoms. The fraction of sp³-hybridized carbons (Fsp3) is 0.222. The molecule has 1 heterocycles. The molecule has 1 unspecified atom stereocenters. The van der Waals surface area contributed by atoms with E-state index >= 15 is 0 Å². The predicted octanol–water partition coefficient (Wildman–Crippen LogP) is 3.73. The number of halogens is 2. The van der Waals surface area contributed by atoms with E-state index in [2.05, 4.69) is 5.32 Å². The van der Waals surface area contributed by atoms with Gasteiger partial charge >= 0.3 is 5.97 Å². The summed E-state index contributed by atoms with van der Waals surface area (Å²) < 4.78 is 23.7. The number of hydrogen-bond acceptors (Lipinski definition) is 6. The number of phenols is 1. The molecule has 1 atom stereocenters. The topological polar surface area (TPSA) is 141 Å². The summed E-state index contributed by atoms with van der Waals surface area (Å²) in [5.74, 6) is -2.42. The zero-order chi connectivity index (χ0) is 28.5. The average Bonchev–Trinajstić information content (AvgIpc) is 2.87. The summed E-state index contributed by atoms with van der Waals surface area (Å²) in [6.45, 7) is 0.484. The third-order valence-electron chi connectivity index (χ3n) is 6.38. The summed E-state index contributed by atoms with van der Waals surface area (Å²) in [5.41, 5.74) is 1.92. The Balaban J connectivity index is 1.55. The summed E-state index contributed by atoms with van der Waals surface area (Å²) in [4.78, 5) is 39.6. The highest BCUT2D eigenvalue weighted by molar-refractivity contribution is 7.90. The van der Waals surface area contributed by atoms with Crippen LogP contribution in [0, 0.1) is 0 Å². The fourth-order valence-corrected chi connectivity index (χ4v) is 5.88. The summed E-state index contributed by atoms with van der Waals surface area (Å²) in [6, 6.07) is 12.0. The number of rotatable bonds is 7. The highest BCUT2D eigenvalue weighted by Gasteiger charge is 2.30. The van der Waals surface area contributed by atoms with Gasteiger partial charge in [0.25, 0.3) is 11.8 Å². The molecule has 3 aromatic rings. The van der Waals surface area contributed by atoms with Crippen molar-refractivity contribution in [3.05, 3.63) is 92.5 Å². The van der Waals surface area contributed by atoms with Crippen LogP contribution in [0.3, 0.4) is 0 Å². The van der Waals surface area contributed by atoms with Gasteiger partial charge in [-0.2, -0.15) is 0 Å². The number of carboxylic acid groups (broad SMARTS) is 1. The zero-order valence-electron chi connectivity index (χ0n) is 20.6. The number of benzene rings is 3. The lowest BCUT2D eigenvalue weighted by molar-refractivity contribution is -0.139. The first kappa shape index (κ1) is 28.4. The second-order valence-corrected chi connectivity index (χ2v) is 12.0. The Bertz CT molecular complexity index is 1590. The van der Waals surface area contributed by atoms with E-state index in [1.54, 1.807) is 23.1 Å². The van der Waals surface area contributed by atoms with Crippen LogP contribution in [-0.2, 0) is 34.0 Å². The van der Waals surface area contributed by atoms with Crippen LogP contribution in [0.2, 0.25) is 10.0 Å². The monoisotopic (exact) mass is 590 g/mol. The number of sulfone groups is 1. The minimum atomic E-state index is -3.50. The molecule has 0 aromatic heterocycles. The van der Waals surface area contributed by atoms with Gasteiger partial charge in [-0.1, -0.05) is 41.4 Å². The zero-order valence-corrected chi connectivity index (χ0v) is 23.0. The van der Waals surface area contributed by atoms with Gasteiger partial charge in [-0.05, 0) is 59.5 Å². The molecule has 4 rings (SSSR count). The molecule has 0 aliphatic carbocycles. The van der Waals surface area contributed by atoms with Crippen molar-refractivity contribution in [1.82, 2.24) is 10.2 Å². The summed E-state index contributed by atoms with van der Waals surface area (Å²) in [5, 5.41) is 21.9. The molecule has 0 saturated heterocycles. The molecule has 12 heteroatoms. The van der Waals surface area contributed by atoms with Crippen LogP contribution in [0.25, 0.3) is 0 Å². The molecule has 9 nitrogen and oxygen atoms in total. The molecular formula is C27H24Cl2N2O7S. The van der Waals surface area contributed by atoms with Crippen LogP contribution >= 0.6 is 23.2 Å². The van der Waals surface area contributed by atoms with E-state index in [9.17, 15) is 33.0 Å². The van der Waals surface area contributed by atoms with Crippen molar-refractivity contribution in [2.75, 3.05) is 12.8 Å². The van der Waals surface area contributed by atoms with E-state index in [1.165, 1.54) is 36.4 Å². The van der Waals surface area contributed by atoms with Gasteiger partial charge in [0.05, 0.1) is 20.5 Å². The maximum Gasteiger partial charge on any atom is 0.326 e. The molecule has 204 valence electrons. The molecule has 0 fully saturated rings. The van der Waals surface area contributed by atoms with E-state index in [1.807, 2.05) is 0 Å². The van der Waals surface area contributed by atoms with E-state index in [4.69, 9.17) is 23.2 Å². The maximum absolute atomic E-state index is 13.2. The molecule has 1 aliphatic rings. The van der Waals surface area contributed by atoms with Crippen molar-refractivity contribution in [2.24, 2.45) is 0 Å². The van der Waals surface area contributed by atoms with Gasteiger partial charge in [-0.15, -0.1) is 0 Å². The van der Waals surface area contributed by atoms with Crippen LogP contribution < -0.4 is 5.32 Å². The van der Waals surface area contributed by atoms with Gasteiger partial charge in [-0.25, -0.2) is 13.2 Å². The standard InChI is InChI=1S/C27H24Cl2N2O7S/c1-39(37,38)19-7-2-4-15(10-19)11-22(27(35)36)30-25(33)23-21(28)13-17-14-31(9-8-20(17)24(23)29)26(34)16-5-3-6-18(32)12-16/h2-7,10,12-13,22,32H,8-9,11,14H2,1H3,(H,30,33)(H,35,36). The van der Waals surface area contributed by atoms with Gasteiger partial charge in [0.1, 0.15) is 11.8 Å². The Morgan fingerprint density at radius 3 is 2.46 bits per heavy atom. The second kappa shape index (κ2) is 11.3. The van der Waals surface area contributed by atoms with Crippen LogP contribution in [0.1, 0.15) is 37.4 Å². The Kier molecular flexibility index (Phi) is 8.20. The number of aliphatic carboxylic acids is 1. The van der Waals surface area contributed by atoms with Crippen molar-refractivity contribution in [2.45, 2.75) is 30.3 Å². The number of fused-ring (bicyclic) bond motifs is 1. The minimum Gasteiger partial charge on any atom is -0.508 e. The van der Waals surface area contributed by atoms with Gasteiger partial charge in [0, 0.05) is 31.3 Å². The number of carbonyl (C=O) groups excluding carboxylic acids is 2. The molecular weight excluding hydrogens is 567 g/mol. The number of amides is 2. The third-order valence-corrected chi connectivity index (χ3v) is 8.21. The summed E-state index contributed by atoms with van der Waals surface area (Å²) in [6.07, 6.45) is 1.21. The molecule has 1 aliphatic heterocycles. The fourth-order valence-electron chi connectivity index (χ4n) is 4.42. The minimum absolute atomic E-state index is 0.00822. The predicted molar refractivity (Wildman–Crippen MR) is 145 cm³/mol. The van der Waals surface area contributed by atoms with Crippen molar-refractivity contribution >= 4 is 50.8 Å². The van der Waals surface area contributed by atoms with Crippen molar-refractivity contribution in [3.63, 3.8) is 0 Å². The Morgan fingerprint density at radius 2 is 1.79 bits per heavy atom. The highest BCUT2D eigenvalue weighted by Crippen LogP contribution is 2.35. The van der Waals surface area contributed by atoms with Gasteiger partial charge < -0.3 is 20.4 Å². The first-order chi connectivity index (χ1) is 18.3. The number of aromatic hydroxyl groups is 1. The Labute approximate surface area is 234 Å². The molecule has 2 amide bonds. The molecule has 3 aromatic carbocycles. The van der Waals surface area contributed by atoms with Crippen LogP contribution in [0.5, 0.6) is 5.75 Å². The van der Waals surface area contributed by atoms with Gasteiger partial charge in [0.15, 0.2) is 9.84 Å². The van der Waals surface area contributed by atoms with E-state index in [0.29, 0.717) is 35.2 Å². The summed E-state index contributed by atoms with van der Waals surface area (Å²) in [7, 11) is -3.50. The molecule has 0 saturated carbocycles. The van der Waals surface area contributed by atoms with Crippen molar-refractivity contribution < 1.29 is 33.0 Å². The van der Waals surface area contributed by atoms with Crippen molar-refractivity contribution in [3.8, 4) is 5.75 Å². The normalized spacial score (nSPS) is 13.9. The number of nitrogens with one attached hydrogen (secondary N) is 1. The van der Waals surface area contributed by atoms with Crippen LogP contribution in [0.4, 0.5) is 0 Å². The quantitative estimate of drug-likeness (QED) is 0.380. The Morgan fingerprint density at radius 1 is 1.08 bits per heavy atom. The third kappa shape index (κ3) is 6.35. The molecule has 0 radical (unpaired) electrons. The van der Waals surface area contributed by atoms with Crippen LogP contribution in [0.15, 0.2) is 59.5 Å². The highest BCUT2D eigenvalue weighted by atomic mass is 35.5. The van der Waals surface area contributed by atoms with Gasteiger partial charge in [0.2, 0.25) is 0 Å².